The average Bonchev–Trinajstić information content (AvgIpc) is 2.72. The van der Waals surface area contributed by atoms with Crippen LogP contribution in [0.2, 0.25) is 5.02 Å². The highest BCUT2D eigenvalue weighted by molar-refractivity contribution is 7.89. The lowest BCUT2D eigenvalue weighted by Crippen LogP contribution is -2.33. The van der Waals surface area contributed by atoms with Crippen molar-refractivity contribution in [1.82, 2.24) is 19.7 Å². The molecular weight excluding hydrogens is 416 g/mol. The number of benzene rings is 1. The van der Waals surface area contributed by atoms with Gasteiger partial charge >= 0.3 is 0 Å². The van der Waals surface area contributed by atoms with Gasteiger partial charge in [0, 0.05) is 32.2 Å². The number of sulfonamides is 1. The molecule has 1 aromatic heterocycles. The van der Waals surface area contributed by atoms with Gasteiger partial charge in [0.05, 0.1) is 13.7 Å². The fraction of sp³-hybridized carbons (Fsp3) is 0.500. The van der Waals surface area contributed by atoms with Crippen molar-refractivity contribution in [1.29, 1.82) is 0 Å². The molecule has 158 valence electrons. The lowest BCUT2D eigenvalue weighted by molar-refractivity contribution is 0.402. The predicted octanol–water partition coefficient (Wildman–Crippen LogP) is 2.07. The van der Waals surface area contributed by atoms with Crippen molar-refractivity contribution in [3.8, 4) is 5.75 Å². The maximum Gasteiger partial charge on any atom is 0.244 e. The maximum atomic E-state index is 12.8. The summed E-state index contributed by atoms with van der Waals surface area (Å²) < 4.78 is 33.3. The second-order valence-electron chi connectivity index (χ2n) is 6.91. The topological polar surface area (TPSA) is 101 Å². The number of piperidine rings is 1. The van der Waals surface area contributed by atoms with Crippen molar-refractivity contribution >= 4 is 33.5 Å². The van der Waals surface area contributed by atoms with Crippen LogP contribution in [0.5, 0.6) is 5.75 Å². The lowest BCUT2D eigenvalue weighted by atomic mass is 10.1. The van der Waals surface area contributed by atoms with Crippen LogP contribution in [-0.2, 0) is 16.6 Å². The first-order valence-corrected chi connectivity index (χ1v) is 11.2. The monoisotopic (exact) mass is 440 g/mol. The third kappa shape index (κ3) is 5.26. The van der Waals surface area contributed by atoms with E-state index in [2.05, 4.69) is 24.6 Å². The van der Waals surface area contributed by atoms with Crippen molar-refractivity contribution in [2.24, 2.45) is 0 Å². The number of anilines is 2. The van der Waals surface area contributed by atoms with E-state index >= 15 is 0 Å². The Hall–Kier alpha value is -2.17. The zero-order valence-corrected chi connectivity index (χ0v) is 18.3. The molecule has 0 unspecified atom stereocenters. The van der Waals surface area contributed by atoms with E-state index in [4.69, 9.17) is 16.3 Å². The number of ether oxygens (including phenoxy) is 1. The number of methoxy groups -OCH3 is 1. The Morgan fingerprint density at radius 3 is 2.55 bits per heavy atom. The average molecular weight is 441 g/mol. The van der Waals surface area contributed by atoms with E-state index in [0.717, 1.165) is 25.9 Å². The van der Waals surface area contributed by atoms with Crippen LogP contribution in [0.3, 0.4) is 0 Å². The molecule has 29 heavy (non-hydrogen) atoms. The van der Waals surface area contributed by atoms with Gasteiger partial charge in [-0.25, -0.2) is 13.1 Å². The van der Waals surface area contributed by atoms with Gasteiger partial charge in [-0.15, -0.1) is 0 Å². The van der Waals surface area contributed by atoms with Gasteiger partial charge in [0.2, 0.25) is 21.9 Å². The summed E-state index contributed by atoms with van der Waals surface area (Å²) in [6, 6.07) is 4.43. The largest absolute Gasteiger partial charge is 0.495 e. The number of nitrogens with one attached hydrogen (secondary N) is 1. The molecule has 0 radical (unpaired) electrons. The number of rotatable bonds is 7. The molecule has 0 atom stereocenters. The number of hydrogen-bond acceptors (Lipinski definition) is 8. The molecule has 0 saturated carbocycles. The van der Waals surface area contributed by atoms with Gasteiger partial charge in [-0.3, -0.25) is 0 Å². The fourth-order valence-electron chi connectivity index (χ4n) is 3.01. The molecule has 1 fully saturated rings. The molecule has 0 bridgehead atoms. The maximum absolute atomic E-state index is 12.8. The second kappa shape index (κ2) is 9.10. The number of aromatic nitrogens is 3. The SMILES string of the molecule is COc1ccc(Cl)cc1S(=O)(=O)NCc1nc(N(C)C)nc(N2CCCCC2)n1. The van der Waals surface area contributed by atoms with Crippen molar-refractivity contribution < 1.29 is 13.2 Å². The summed E-state index contributed by atoms with van der Waals surface area (Å²) in [6.45, 7) is 1.67. The van der Waals surface area contributed by atoms with E-state index in [0.29, 0.717) is 22.7 Å². The first kappa shape index (κ1) is 21.5. The van der Waals surface area contributed by atoms with E-state index in [-0.39, 0.29) is 17.2 Å². The van der Waals surface area contributed by atoms with E-state index in [1.54, 1.807) is 11.0 Å². The first-order valence-electron chi connectivity index (χ1n) is 9.30. The number of nitrogens with zero attached hydrogens (tertiary/aromatic N) is 5. The molecule has 0 amide bonds. The van der Waals surface area contributed by atoms with E-state index in [1.165, 1.54) is 25.7 Å². The Balaban J connectivity index is 1.85. The highest BCUT2D eigenvalue weighted by Gasteiger charge is 2.22. The molecule has 1 aromatic carbocycles. The van der Waals surface area contributed by atoms with Crippen molar-refractivity contribution in [2.75, 3.05) is 44.1 Å². The minimum absolute atomic E-state index is 0.0364. The van der Waals surface area contributed by atoms with Crippen LogP contribution in [0.4, 0.5) is 11.9 Å². The van der Waals surface area contributed by atoms with Crippen LogP contribution >= 0.6 is 11.6 Å². The van der Waals surface area contributed by atoms with Crippen molar-refractivity contribution in [3.05, 3.63) is 29.0 Å². The second-order valence-corrected chi connectivity index (χ2v) is 9.09. The molecule has 1 aliphatic rings. The van der Waals surface area contributed by atoms with Crippen molar-refractivity contribution in [2.45, 2.75) is 30.7 Å². The Morgan fingerprint density at radius 1 is 1.17 bits per heavy atom. The Kier molecular flexibility index (Phi) is 6.76. The summed E-state index contributed by atoms with van der Waals surface area (Å²) in [6.07, 6.45) is 3.36. The molecule has 3 rings (SSSR count). The Morgan fingerprint density at radius 2 is 1.90 bits per heavy atom. The van der Waals surface area contributed by atoms with Crippen LogP contribution < -0.4 is 19.3 Å². The highest BCUT2D eigenvalue weighted by Crippen LogP contribution is 2.27. The summed E-state index contributed by atoms with van der Waals surface area (Å²) in [4.78, 5) is 17.2. The summed E-state index contributed by atoms with van der Waals surface area (Å²) in [5.41, 5.74) is 0. The van der Waals surface area contributed by atoms with E-state index in [9.17, 15) is 8.42 Å². The van der Waals surface area contributed by atoms with E-state index < -0.39 is 10.0 Å². The molecular formula is C18H25ClN6O3S. The molecule has 11 heteroatoms. The third-order valence-corrected chi connectivity index (χ3v) is 6.19. The van der Waals surface area contributed by atoms with Gasteiger partial charge in [-0.1, -0.05) is 11.6 Å². The molecule has 0 aliphatic carbocycles. The highest BCUT2D eigenvalue weighted by atomic mass is 35.5. The van der Waals surface area contributed by atoms with Crippen LogP contribution in [-0.4, -0.2) is 57.7 Å². The molecule has 2 aromatic rings. The van der Waals surface area contributed by atoms with Crippen LogP contribution in [0.1, 0.15) is 25.1 Å². The zero-order chi connectivity index (χ0) is 21.0. The minimum Gasteiger partial charge on any atom is -0.495 e. The van der Waals surface area contributed by atoms with Crippen LogP contribution in [0.25, 0.3) is 0 Å². The smallest absolute Gasteiger partial charge is 0.244 e. The predicted molar refractivity (Wildman–Crippen MR) is 112 cm³/mol. The number of hydrogen-bond donors (Lipinski definition) is 1. The third-order valence-electron chi connectivity index (χ3n) is 4.53. The molecule has 9 nitrogen and oxygen atoms in total. The quantitative estimate of drug-likeness (QED) is 0.698. The fourth-order valence-corrected chi connectivity index (χ4v) is 4.42. The van der Waals surface area contributed by atoms with Gasteiger partial charge in [0.15, 0.2) is 5.82 Å². The Bertz CT molecular complexity index is 964. The van der Waals surface area contributed by atoms with Crippen molar-refractivity contribution in [3.63, 3.8) is 0 Å². The molecule has 2 heterocycles. The lowest BCUT2D eigenvalue weighted by Gasteiger charge is -2.27. The van der Waals surface area contributed by atoms with Gasteiger partial charge in [-0.2, -0.15) is 15.0 Å². The summed E-state index contributed by atoms with van der Waals surface area (Å²) in [5, 5.41) is 0.300. The zero-order valence-electron chi connectivity index (χ0n) is 16.7. The standard InChI is InChI=1S/C18H25ClN6O3S/c1-24(2)17-21-16(22-18(23-17)25-9-5-4-6-10-25)12-20-29(26,27)15-11-13(19)7-8-14(15)28-3/h7-8,11,20H,4-6,9-10,12H2,1-3H3. The van der Waals surface area contributed by atoms with Gasteiger partial charge < -0.3 is 14.5 Å². The van der Waals surface area contributed by atoms with Gasteiger partial charge in [0.25, 0.3) is 0 Å². The Labute approximate surface area is 176 Å². The molecule has 1 aliphatic heterocycles. The summed E-state index contributed by atoms with van der Waals surface area (Å²) >= 11 is 5.97. The molecule has 0 spiro atoms. The number of halogens is 1. The molecule has 1 saturated heterocycles. The van der Waals surface area contributed by atoms with Crippen LogP contribution in [0.15, 0.2) is 23.1 Å². The first-order chi connectivity index (χ1) is 13.8. The van der Waals surface area contributed by atoms with Gasteiger partial charge in [-0.05, 0) is 37.5 Å². The van der Waals surface area contributed by atoms with Gasteiger partial charge in [0.1, 0.15) is 10.6 Å². The molecule has 1 N–H and O–H groups in total. The van der Waals surface area contributed by atoms with E-state index in [1.807, 2.05) is 14.1 Å². The summed E-state index contributed by atoms with van der Waals surface area (Å²) in [7, 11) is 1.19. The summed E-state index contributed by atoms with van der Waals surface area (Å²) in [5.74, 6) is 1.60. The minimum atomic E-state index is -3.88. The normalized spacial score (nSPS) is 14.7. The van der Waals surface area contributed by atoms with Crippen LogP contribution in [0, 0.1) is 0 Å².